The first kappa shape index (κ1) is 16.7. The summed E-state index contributed by atoms with van der Waals surface area (Å²) in [5.74, 6) is 1.08. The van der Waals surface area contributed by atoms with Gasteiger partial charge in [-0.05, 0) is 24.1 Å². The lowest BCUT2D eigenvalue weighted by Crippen LogP contribution is -2.30. The van der Waals surface area contributed by atoms with Gasteiger partial charge in [-0.15, -0.1) is 0 Å². The number of ether oxygens (including phenoxy) is 2. The first-order chi connectivity index (χ1) is 9.43. The lowest BCUT2D eigenvalue weighted by atomic mass is 10.1. The monoisotopic (exact) mass is 303 g/mol. The van der Waals surface area contributed by atoms with Crippen LogP contribution in [0.5, 0.6) is 11.5 Å². The van der Waals surface area contributed by atoms with Crippen LogP contribution in [0.25, 0.3) is 0 Å². The largest absolute Gasteiger partial charge is 0.493 e. The molecule has 2 N–H and O–H groups in total. The van der Waals surface area contributed by atoms with Crippen LogP contribution in [0, 0.1) is 0 Å². The van der Waals surface area contributed by atoms with E-state index in [9.17, 15) is 13.5 Å². The van der Waals surface area contributed by atoms with Crippen molar-refractivity contribution in [2.45, 2.75) is 19.4 Å². The van der Waals surface area contributed by atoms with Crippen molar-refractivity contribution in [3.05, 3.63) is 23.8 Å². The van der Waals surface area contributed by atoms with Crippen LogP contribution in [0.2, 0.25) is 0 Å². The van der Waals surface area contributed by atoms with E-state index in [1.807, 2.05) is 0 Å². The average Bonchev–Trinajstić information content (AvgIpc) is 2.44. The summed E-state index contributed by atoms with van der Waals surface area (Å²) < 4.78 is 35.7. The predicted octanol–water partition coefficient (Wildman–Crippen LogP) is 1.07. The van der Waals surface area contributed by atoms with Gasteiger partial charge >= 0.3 is 0 Å². The topological polar surface area (TPSA) is 84.9 Å². The summed E-state index contributed by atoms with van der Waals surface area (Å²) in [4.78, 5) is 0. The number of methoxy groups -OCH3 is 2. The van der Waals surface area contributed by atoms with Gasteiger partial charge in [-0.1, -0.05) is 13.0 Å². The molecule has 0 saturated carbocycles. The number of rotatable bonds is 8. The highest BCUT2D eigenvalue weighted by Crippen LogP contribution is 2.29. The zero-order valence-electron chi connectivity index (χ0n) is 11.9. The second kappa shape index (κ2) is 7.47. The van der Waals surface area contributed by atoms with Crippen LogP contribution >= 0.6 is 0 Å². The highest BCUT2D eigenvalue weighted by Gasteiger charge is 2.15. The molecule has 7 heteroatoms. The van der Waals surface area contributed by atoms with Gasteiger partial charge in [0.15, 0.2) is 11.5 Å². The smallest absolute Gasteiger partial charge is 0.211 e. The van der Waals surface area contributed by atoms with E-state index in [4.69, 9.17) is 9.47 Å². The van der Waals surface area contributed by atoms with Crippen molar-refractivity contribution in [1.29, 1.82) is 0 Å². The number of sulfonamides is 1. The Bertz CT molecular complexity index is 530. The number of hydrogen-bond acceptors (Lipinski definition) is 5. The van der Waals surface area contributed by atoms with Gasteiger partial charge in [-0.2, -0.15) is 0 Å². The van der Waals surface area contributed by atoms with Gasteiger partial charge in [0.1, 0.15) is 0 Å². The molecule has 0 amide bonds. The van der Waals surface area contributed by atoms with Crippen LogP contribution in [0.15, 0.2) is 18.2 Å². The molecule has 1 unspecified atom stereocenters. The summed E-state index contributed by atoms with van der Waals surface area (Å²) >= 11 is 0. The maximum Gasteiger partial charge on any atom is 0.211 e. The molecule has 1 aromatic carbocycles. The van der Waals surface area contributed by atoms with Crippen LogP contribution in [0.1, 0.15) is 25.0 Å². The van der Waals surface area contributed by atoms with Gasteiger partial charge in [0.2, 0.25) is 10.0 Å². The Morgan fingerprint density at radius 2 is 1.90 bits per heavy atom. The first-order valence-electron chi connectivity index (χ1n) is 6.30. The summed E-state index contributed by atoms with van der Waals surface area (Å²) in [6.07, 6.45) is -0.414. The van der Waals surface area contributed by atoms with E-state index in [0.717, 1.165) is 0 Å². The van der Waals surface area contributed by atoms with Gasteiger partial charge in [0.25, 0.3) is 0 Å². The zero-order valence-corrected chi connectivity index (χ0v) is 12.7. The molecule has 0 spiro atoms. The summed E-state index contributed by atoms with van der Waals surface area (Å²) in [6.45, 7) is 1.71. The Balaban J connectivity index is 2.75. The first-order valence-corrected chi connectivity index (χ1v) is 7.96. The van der Waals surface area contributed by atoms with E-state index in [-0.39, 0.29) is 12.3 Å². The third-order valence-electron chi connectivity index (χ3n) is 2.76. The van der Waals surface area contributed by atoms with Crippen LogP contribution in [0.3, 0.4) is 0 Å². The molecule has 1 atom stereocenters. The van der Waals surface area contributed by atoms with Gasteiger partial charge in [-0.25, -0.2) is 13.1 Å². The number of aliphatic hydroxyl groups is 1. The van der Waals surface area contributed by atoms with Crippen molar-refractivity contribution in [3.8, 4) is 11.5 Å². The molecule has 0 aliphatic heterocycles. The van der Waals surface area contributed by atoms with Gasteiger partial charge < -0.3 is 14.6 Å². The molecule has 1 aromatic rings. The summed E-state index contributed by atoms with van der Waals surface area (Å²) in [5, 5.41) is 10.0. The Morgan fingerprint density at radius 3 is 2.45 bits per heavy atom. The molecule has 0 bridgehead atoms. The molecule has 0 aliphatic carbocycles. The van der Waals surface area contributed by atoms with E-state index in [0.29, 0.717) is 23.5 Å². The number of aliphatic hydroxyl groups excluding tert-OH is 1. The molecule has 20 heavy (non-hydrogen) atoms. The number of hydrogen-bond donors (Lipinski definition) is 2. The summed E-state index contributed by atoms with van der Waals surface area (Å²) in [6, 6.07) is 4.95. The van der Waals surface area contributed by atoms with E-state index >= 15 is 0 Å². The fourth-order valence-corrected chi connectivity index (χ4v) is 2.82. The quantitative estimate of drug-likeness (QED) is 0.750. The molecule has 0 radical (unpaired) electrons. The Hall–Kier alpha value is -1.31. The molecule has 0 aliphatic rings. The van der Waals surface area contributed by atoms with E-state index in [1.54, 1.807) is 25.1 Å². The van der Waals surface area contributed by atoms with Crippen molar-refractivity contribution in [1.82, 2.24) is 4.72 Å². The molecular weight excluding hydrogens is 282 g/mol. The second-order valence-electron chi connectivity index (χ2n) is 4.30. The van der Waals surface area contributed by atoms with Crippen molar-refractivity contribution in [2.24, 2.45) is 0 Å². The Kier molecular flexibility index (Phi) is 6.25. The summed E-state index contributed by atoms with van der Waals surface area (Å²) in [5.41, 5.74) is 0.557. The van der Waals surface area contributed by atoms with Crippen LogP contribution in [-0.2, 0) is 10.0 Å². The molecule has 0 heterocycles. The molecule has 6 nitrogen and oxygen atoms in total. The fraction of sp³-hybridized carbons (Fsp3) is 0.538. The van der Waals surface area contributed by atoms with Gasteiger partial charge in [-0.3, -0.25) is 0 Å². The van der Waals surface area contributed by atoms with E-state index in [1.165, 1.54) is 14.2 Å². The molecule has 114 valence electrons. The minimum Gasteiger partial charge on any atom is -0.493 e. The highest BCUT2D eigenvalue weighted by molar-refractivity contribution is 7.89. The maximum absolute atomic E-state index is 11.5. The molecule has 1 rings (SSSR count). The predicted molar refractivity (Wildman–Crippen MR) is 76.6 cm³/mol. The summed E-state index contributed by atoms with van der Waals surface area (Å²) in [7, 11) is -0.311. The van der Waals surface area contributed by atoms with Gasteiger partial charge in [0, 0.05) is 6.54 Å². The Labute approximate surface area is 119 Å². The SMILES string of the molecule is CCCS(=O)(=O)NCC(O)c1ccc(OC)c(OC)c1. The normalized spacial score (nSPS) is 13.0. The molecule has 0 fully saturated rings. The third-order valence-corrected chi connectivity index (χ3v) is 4.31. The van der Waals surface area contributed by atoms with E-state index in [2.05, 4.69) is 4.72 Å². The molecular formula is C13H21NO5S. The van der Waals surface area contributed by atoms with Crippen molar-refractivity contribution in [3.63, 3.8) is 0 Å². The Morgan fingerprint density at radius 1 is 1.25 bits per heavy atom. The maximum atomic E-state index is 11.5. The standard InChI is InChI=1S/C13H21NO5S/c1-4-7-20(16,17)14-9-11(15)10-5-6-12(18-2)13(8-10)19-3/h5-6,8,11,14-15H,4,7,9H2,1-3H3. The van der Waals surface area contributed by atoms with Crippen LogP contribution in [0.4, 0.5) is 0 Å². The minimum atomic E-state index is -3.33. The van der Waals surface area contributed by atoms with Crippen LogP contribution < -0.4 is 14.2 Å². The lowest BCUT2D eigenvalue weighted by molar-refractivity contribution is 0.181. The average molecular weight is 303 g/mol. The fourth-order valence-electron chi connectivity index (χ4n) is 1.72. The van der Waals surface area contributed by atoms with Gasteiger partial charge in [0.05, 0.1) is 26.1 Å². The van der Waals surface area contributed by atoms with Crippen molar-refractivity contribution < 1.29 is 23.0 Å². The third kappa shape index (κ3) is 4.66. The second-order valence-corrected chi connectivity index (χ2v) is 6.22. The van der Waals surface area contributed by atoms with Crippen molar-refractivity contribution in [2.75, 3.05) is 26.5 Å². The minimum absolute atomic E-state index is 0.0473. The molecule has 0 aromatic heterocycles. The van der Waals surface area contributed by atoms with Crippen molar-refractivity contribution >= 4 is 10.0 Å². The lowest BCUT2D eigenvalue weighted by Gasteiger charge is -2.15. The van der Waals surface area contributed by atoms with Crippen LogP contribution in [-0.4, -0.2) is 40.0 Å². The highest BCUT2D eigenvalue weighted by atomic mass is 32.2. The number of benzene rings is 1. The van der Waals surface area contributed by atoms with E-state index < -0.39 is 16.1 Å². The molecule has 0 saturated heterocycles. The number of nitrogens with one attached hydrogen (secondary N) is 1. The zero-order chi connectivity index (χ0) is 15.2.